The minimum absolute atomic E-state index is 0. The molecule has 0 N–H and O–H groups in total. The van der Waals surface area contributed by atoms with Crippen LogP contribution in [0.1, 0.15) is 37.1 Å². The summed E-state index contributed by atoms with van der Waals surface area (Å²) in [6.45, 7) is 1.21. The minimum Gasteiger partial charge on any atom is -0.486 e. The number of nitrogens with zero attached hydrogens (tertiary/aromatic N) is 4. The van der Waals surface area contributed by atoms with E-state index in [1.807, 2.05) is 53.1 Å². The van der Waals surface area contributed by atoms with Gasteiger partial charge in [-0.2, -0.15) is 0 Å². The van der Waals surface area contributed by atoms with Gasteiger partial charge in [-0.05, 0) is 36.6 Å². The number of amidine groups is 1. The molecule has 1 amide bonds. The molecule has 0 radical (unpaired) electrons. The first-order valence-electron chi connectivity index (χ1n) is 9.01. The zero-order valence-corrected chi connectivity index (χ0v) is 16.1. The number of aliphatic imine (C=N–C) groups is 1. The van der Waals surface area contributed by atoms with Crippen molar-refractivity contribution >= 4 is 30.2 Å². The number of aromatic nitrogens is 2. The van der Waals surface area contributed by atoms with Crippen LogP contribution in [0, 0.1) is 0 Å². The summed E-state index contributed by atoms with van der Waals surface area (Å²) in [6, 6.07) is 7.69. The molecule has 142 valence electrons. The smallest absolute Gasteiger partial charge is 0.277 e. The van der Waals surface area contributed by atoms with E-state index in [4.69, 9.17) is 4.74 Å². The summed E-state index contributed by atoms with van der Waals surface area (Å²) >= 11 is 0. The molecule has 1 aromatic heterocycles. The Morgan fingerprint density at radius 3 is 2.74 bits per heavy atom. The van der Waals surface area contributed by atoms with Crippen molar-refractivity contribution in [3.05, 3.63) is 53.7 Å². The average Bonchev–Trinajstić information content (AvgIpc) is 3.08. The first-order valence-corrected chi connectivity index (χ1v) is 9.01. The highest BCUT2D eigenvalue weighted by Crippen LogP contribution is 2.24. The van der Waals surface area contributed by atoms with Crippen LogP contribution in [0.15, 0.2) is 47.3 Å². The van der Waals surface area contributed by atoms with E-state index in [2.05, 4.69) is 9.98 Å². The van der Waals surface area contributed by atoms with Gasteiger partial charge in [0.2, 0.25) is 0 Å². The number of carbonyl (C=O) groups excluding carboxylic acids is 1. The number of carbonyl (C=O) groups is 1. The number of hydrogen-bond acceptors (Lipinski definition) is 4. The number of aryl methyl sites for hydroxylation is 1. The Labute approximate surface area is 165 Å². The van der Waals surface area contributed by atoms with Gasteiger partial charge in [-0.3, -0.25) is 9.69 Å². The Kier molecular flexibility index (Phi) is 5.96. The van der Waals surface area contributed by atoms with Crippen LogP contribution in [-0.2, 0) is 18.4 Å². The molecule has 27 heavy (non-hydrogen) atoms. The van der Waals surface area contributed by atoms with Gasteiger partial charge >= 0.3 is 0 Å². The van der Waals surface area contributed by atoms with Gasteiger partial charge in [-0.1, -0.05) is 18.6 Å². The van der Waals surface area contributed by atoms with Gasteiger partial charge in [0, 0.05) is 32.4 Å². The molecule has 7 heteroatoms. The van der Waals surface area contributed by atoms with E-state index >= 15 is 0 Å². The number of ether oxygens (including phenoxy) is 1. The van der Waals surface area contributed by atoms with E-state index in [1.165, 1.54) is 6.42 Å². The fourth-order valence-corrected chi connectivity index (χ4v) is 3.25. The summed E-state index contributed by atoms with van der Waals surface area (Å²) < 4.78 is 7.69. The highest BCUT2D eigenvalue weighted by atomic mass is 35.5. The SMILES string of the molecule is Cl.Cn1ccnc1COc1ccc(/C=C2/N=C3CCCCCN3C2=O)cc1. The van der Waals surface area contributed by atoms with Gasteiger partial charge in [-0.25, -0.2) is 9.98 Å². The molecule has 1 saturated heterocycles. The third kappa shape index (κ3) is 4.22. The fourth-order valence-electron chi connectivity index (χ4n) is 3.25. The quantitative estimate of drug-likeness (QED) is 0.754. The number of benzene rings is 1. The number of halogens is 1. The monoisotopic (exact) mass is 386 g/mol. The third-order valence-corrected chi connectivity index (χ3v) is 4.78. The molecule has 2 aliphatic rings. The number of imidazole rings is 1. The maximum absolute atomic E-state index is 12.5. The lowest BCUT2D eigenvalue weighted by Crippen LogP contribution is -2.31. The van der Waals surface area contributed by atoms with Crippen molar-refractivity contribution in [3.63, 3.8) is 0 Å². The topological polar surface area (TPSA) is 59.7 Å². The number of rotatable bonds is 4. The molecule has 0 saturated carbocycles. The van der Waals surface area contributed by atoms with Crippen LogP contribution in [0.3, 0.4) is 0 Å². The van der Waals surface area contributed by atoms with Crippen molar-refractivity contribution in [2.45, 2.75) is 32.3 Å². The van der Waals surface area contributed by atoms with Crippen LogP contribution in [-0.4, -0.2) is 32.7 Å². The summed E-state index contributed by atoms with van der Waals surface area (Å²) in [4.78, 5) is 23.2. The Morgan fingerprint density at radius 1 is 1.19 bits per heavy atom. The second-order valence-corrected chi connectivity index (χ2v) is 6.64. The Morgan fingerprint density at radius 2 is 2.00 bits per heavy atom. The first-order chi connectivity index (χ1) is 12.7. The average molecular weight is 387 g/mol. The molecule has 3 heterocycles. The van der Waals surface area contributed by atoms with Crippen LogP contribution >= 0.6 is 12.4 Å². The van der Waals surface area contributed by atoms with Crippen LogP contribution in [0.5, 0.6) is 5.75 Å². The standard InChI is InChI=1S/C20H22N4O2.ClH/c1-23-12-10-21-19(23)14-26-16-8-6-15(7-9-16)13-17-20(25)24-11-4-2-3-5-18(24)22-17;/h6-10,12-13H,2-5,11,14H2,1H3;1H/b17-13+;. The van der Waals surface area contributed by atoms with Crippen molar-refractivity contribution in [2.75, 3.05) is 6.54 Å². The van der Waals surface area contributed by atoms with Crippen LogP contribution in [0.4, 0.5) is 0 Å². The molecule has 6 nitrogen and oxygen atoms in total. The van der Waals surface area contributed by atoms with Crippen molar-refractivity contribution in [2.24, 2.45) is 12.0 Å². The van der Waals surface area contributed by atoms with E-state index in [0.717, 1.165) is 48.8 Å². The third-order valence-electron chi connectivity index (χ3n) is 4.78. The van der Waals surface area contributed by atoms with Crippen molar-refractivity contribution < 1.29 is 9.53 Å². The molecular weight excluding hydrogens is 364 g/mol. The lowest BCUT2D eigenvalue weighted by atomic mass is 10.2. The molecule has 1 aromatic carbocycles. The van der Waals surface area contributed by atoms with Crippen molar-refractivity contribution in [1.29, 1.82) is 0 Å². The van der Waals surface area contributed by atoms with E-state index in [9.17, 15) is 4.79 Å². The maximum Gasteiger partial charge on any atom is 0.277 e. The highest BCUT2D eigenvalue weighted by molar-refractivity contribution is 6.14. The van der Waals surface area contributed by atoms with Crippen molar-refractivity contribution in [3.8, 4) is 5.75 Å². The molecule has 4 rings (SSSR count). The predicted octanol–water partition coefficient (Wildman–Crippen LogP) is 3.58. The van der Waals surface area contributed by atoms with Gasteiger partial charge in [0.1, 0.15) is 29.7 Å². The number of hydrogen-bond donors (Lipinski definition) is 0. The Hall–Kier alpha value is -2.60. The largest absolute Gasteiger partial charge is 0.486 e. The molecule has 2 aromatic rings. The molecule has 0 spiro atoms. The van der Waals surface area contributed by atoms with Gasteiger partial charge in [0.15, 0.2) is 0 Å². The molecule has 1 fully saturated rings. The summed E-state index contributed by atoms with van der Waals surface area (Å²) in [5.41, 5.74) is 1.48. The first kappa shape index (κ1) is 19.2. The molecule has 0 unspecified atom stereocenters. The lowest BCUT2D eigenvalue weighted by molar-refractivity contribution is -0.122. The normalized spacial score (nSPS) is 18.0. The number of amides is 1. The summed E-state index contributed by atoms with van der Waals surface area (Å²) in [5.74, 6) is 2.59. The zero-order valence-electron chi connectivity index (χ0n) is 15.3. The fraction of sp³-hybridized carbons (Fsp3) is 0.350. The molecule has 2 aliphatic heterocycles. The summed E-state index contributed by atoms with van der Waals surface area (Å²) in [6.07, 6.45) is 9.72. The van der Waals surface area contributed by atoms with Crippen LogP contribution < -0.4 is 4.74 Å². The van der Waals surface area contributed by atoms with E-state index < -0.39 is 0 Å². The second-order valence-electron chi connectivity index (χ2n) is 6.64. The molecule has 0 bridgehead atoms. The lowest BCUT2D eigenvalue weighted by Gasteiger charge is -2.14. The predicted molar refractivity (Wildman–Crippen MR) is 107 cm³/mol. The molecule has 0 atom stereocenters. The zero-order chi connectivity index (χ0) is 17.9. The van der Waals surface area contributed by atoms with Gasteiger partial charge in [0.25, 0.3) is 5.91 Å². The minimum atomic E-state index is 0. The van der Waals surface area contributed by atoms with Gasteiger partial charge in [0.05, 0.1) is 0 Å². The highest BCUT2D eigenvalue weighted by Gasteiger charge is 2.30. The van der Waals surface area contributed by atoms with Crippen molar-refractivity contribution in [1.82, 2.24) is 14.5 Å². The van der Waals surface area contributed by atoms with E-state index in [1.54, 1.807) is 6.20 Å². The number of fused-ring (bicyclic) bond motifs is 1. The van der Waals surface area contributed by atoms with Crippen LogP contribution in [0.25, 0.3) is 6.08 Å². The Balaban J connectivity index is 0.00000210. The summed E-state index contributed by atoms with van der Waals surface area (Å²) in [7, 11) is 1.94. The van der Waals surface area contributed by atoms with Gasteiger partial charge in [-0.15, -0.1) is 12.4 Å². The molecular formula is C20H23ClN4O2. The maximum atomic E-state index is 12.5. The molecule has 0 aliphatic carbocycles. The van der Waals surface area contributed by atoms with Gasteiger partial charge < -0.3 is 9.30 Å². The van der Waals surface area contributed by atoms with Crippen LogP contribution in [0.2, 0.25) is 0 Å². The second kappa shape index (κ2) is 8.39. The van der Waals surface area contributed by atoms with E-state index in [-0.39, 0.29) is 18.3 Å². The Bertz CT molecular complexity index is 870. The summed E-state index contributed by atoms with van der Waals surface area (Å²) in [5, 5.41) is 0. The van der Waals surface area contributed by atoms with E-state index in [0.29, 0.717) is 12.3 Å².